The number of methoxy groups -OCH3 is 1. The third-order valence-electron chi connectivity index (χ3n) is 1.90. The van der Waals surface area contributed by atoms with Gasteiger partial charge in [-0.05, 0) is 0 Å². The smallest absolute Gasteiger partial charge is 0.307 e. The van der Waals surface area contributed by atoms with Gasteiger partial charge in [0.25, 0.3) is 0 Å². The van der Waals surface area contributed by atoms with Crippen molar-refractivity contribution in [3.05, 3.63) is 0 Å². The number of ether oxygens (including phenoxy) is 1. The van der Waals surface area contributed by atoms with Crippen LogP contribution in [-0.4, -0.2) is 57.2 Å². The van der Waals surface area contributed by atoms with E-state index >= 15 is 0 Å². The minimum Gasteiger partial charge on any atom is -0.481 e. The van der Waals surface area contributed by atoms with E-state index in [1.165, 1.54) is 14.0 Å². The molecule has 1 atom stereocenters. The zero-order chi connectivity index (χ0) is 13.5. The van der Waals surface area contributed by atoms with Crippen molar-refractivity contribution in [3.8, 4) is 0 Å². The van der Waals surface area contributed by atoms with E-state index in [1.54, 1.807) is 0 Å². The Hall–Kier alpha value is -1.15. The van der Waals surface area contributed by atoms with Crippen LogP contribution in [0.1, 0.15) is 6.92 Å². The molecule has 0 aromatic heterocycles. The van der Waals surface area contributed by atoms with Crippen molar-refractivity contribution in [1.82, 2.24) is 5.32 Å². The highest BCUT2D eigenvalue weighted by molar-refractivity contribution is 7.92. The number of aliphatic carboxylic acids is 1. The zero-order valence-corrected chi connectivity index (χ0v) is 10.6. The van der Waals surface area contributed by atoms with Crippen LogP contribution in [0.25, 0.3) is 0 Å². The van der Waals surface area contributed by atoms with Gasteiger partial charge in [-0.3, -0.25) is 9.59 Å². The Bertz CT molecular complexity index is 364. The van der Waals surface area contributed by atoms with E-state index in [9.17, 15) is 18.0 Å². The summed E-state index contributed by atoms with van der Waals surface area (Å²) in [4.78, 5) is 21.7. The van der Waals surface area contributed by atoms with Gasteiger partial charge >= 0.3 is 5.97 Å². The first-order valence-corrected chi connectivity index (χ1v) is 6.79. The summed E-state index contributed by atoms with van der Waals surface area (Å²) in [5.74, 6) is -4.12. The molecule has 0 aromatic rings. The summed E-state index contributed by atoms with van der Waals surface area (Å²) < 4.78 is 27.5. The van der Waals surface area contributed by atoms with Crippen molar-refractivity contribution in [2.24, 2.45) is 5.92 Å². The molecule has 1 amide bonds. The zero-order valence-electron chi connectivity index (χ0n) is 9.80. The second-order valence-electron chi connectivity index (χ2n) is 3.64. The summed E-state index contributed by atoms with van der Waals surface area (Å²) in [5, 5.41) is 10.9. The Morgan fingerprint density at radius 2 is 2.00 bits per heavy atom. The molecule has 17 heavy (non-hydrogen) atoms. The second-order valence-corrected chi connectivity index (χ2v) is 5.75. The summed E-state index contributed by atoms with van der Waals surface area (Å²) in [6, 6.07) is 0. The van der Waals surface area contributed by atoms with Gasteiger partial charge in [0.2, 0.25) is 5.91 Å². The molecule has 0 heterocycles. The topological polar surface area (TPSA) is 110 Å². The number of sulfone groups is 1. The number of amides is 1. The highest BCUT2D eigenvalue weighted by atomic mass is 32.2. The lowest BCUT2D eigenvalue weighted by atomic mass is 10.2. The fraction of sp³-hybridized carbons (Fsp3) is 0.778. The number of rotatable bonds is 8. The number of nitrogens with one attached hydrogen (secondary N) is 1. The maximum atomic E-state index is 11.4. The van der Waals surface area contributed by atoms with Crippen LogP contribution in [0.3, 0.4) is 0 Å². The number of carboxylic acids is 1. The summed E-state index contributed by atoms with van der Waals surface area (Å²) in [5.41, 5.74) is 0. The quantitative estimate of drug-likeness (QED) is 0.539. The molecule has 0 rings (SSSR count). The van der Waals surface area contributed by atoms with Crippen LogP contribution >= 0.6 is 0 Å². The molecule has 0 radical (unpaired) electrons. The van der Waals surface area contributed by atoms with Gasteiger partial charge in [-0.1, -0.05) is 6.92 Å². The third-order valence-corrected chi connectivity index (χ3v) is 3.61. The molecule has 1 unspecified atom stereocenters. The molecule has 0 aliphatic heterocycles. The van der Waals surface area contributed by atoms with E-state index in [2.05, 4.69) is 10.1 Å². The minimum absolute atomic E-state index is 0.222. The Morgan fingerprint density at radius 3 is 2.47 bits per heavy atom. The molecule has 0 saturated heterocycles. The fourth-order valence-corrected chi connectivity index (χ4v) is 2.58. The van der Waals surface area contributed by atoms with Crippen molar-refractivity contribution in [2.45, 2.75) is 6.92 Å². The summed E-state index contributed by atoms with van der Waals surface area (Å²) >= 11 is 0. The number of carboxylic acid groups (broad SMARTS) is 1. The maximum Gasteiger partial charge on any atom is 0.307 e. The first kappa shape index (κ1) is 15.9. The minimum atomic E-state index is -3.70. The third kappa shape index (κ3) is 7.70. The van der Waals surface area contributed by atoms with Gasteiger partial charge in [0.1, 0.15) is 5.75 Å². The van der Waals surface area contributed by atoms with Gasteiger partial charge in [0, 0.05) is 13.7 Å². The lowest BCUT2D eigenvalue weighted by Gasteiger charge is -2.08. The Morgan fingerprint density at radius 1 is 1.41 bits per heavy atom. The van der Waals surface area contributed by atoms with Crippen LogP contribution in [0, 0.1) is 5.92 Å². The SMILES string of the molecule is COCCNC(=O)CS(=O)(=O)CC(C)C(=O)O. The normalized spacial score (nSPS) is 13.1. The van der Waals surface area contributed by atoms with E-state index in [1.807, 2.05) is 0 Å². The molecule has 0 fully saturated rings. The van der Waals surface area contributed by atoms with Gasteiger partial charge in [-0.25, -0.2) is 8.42 Å². The van der Waals surface area contributed by atoms with E-state index < -0.39 is 39.1 Å². The van der Waals surface area contributed by atoms with Gasteiger partial charge in [0.15, 0.2) is 9.84 Å². The van der Waals surface area contributed by atoms with Gasteiger partial charge in [-0.2, -0.15) is 0 Å². The molecular formula is C9H17NO6S. The number of carbonyl (C=O) groups is 2. The van der Waals surface area contributed by atoms with Crippen molar-refractivity contribution in [3.63, 3.8) is 0 Å². The number of hydrogen-bond acceptors (Lipinski definition) is 5. The molecule has 0 spiro atoms. The molecule has 7 nitrogen and oxygen atoms in total. The number of hydrogen-bond donors (Lipinski definition) is 2. The van der Waals surface area contributed by atoms with Crippen molar-refractivity contribution in [2.75, 3.05) is 31.8 Å². The van der Waals surface area contributed by atoms with Gasteiger partial charge in [-0.15, -0.1) is 0 Å². The van der Waals surface area contributed by atoms with Crippen molar-refractivity contribution < 1.29 is 27.9 Å². The molecule has 0 aliphatic carbocycles. The Kier molecular flexibility index (Phi) is 6.74. The van der Waals surface area contributed by atoms with Gasteiger partial charge < -0.3 is 15.2 Å². The van der Waals surface area contributed by atoms with Crippen LogP contribution in [0.2, 0.25) is 0 Å². The van der Waals surface area contributed by atoms with Crippen LogP contribution in [-0.2, 0) is 24.2 Å². The molecule has 8 heteroatoms. The van der Waals surface area contributed by atoms with Gasteiger partial charge in [0.05, 0.1) is 18.3 Å². The summed E-state index contributed by atoms with van der Waals surface area (Å²) in [7, 11) is -2.24. The van der Waals surface area contributed by atoms with E-state index in [0.717, 1.165) is 0 Å². The second kappa shape index (κ2) is 7.23. The lowest BCUT2D eigenvalue weighted by Crippen LogP contribution is -2.35. The fourth-order valence-electron chi connectivity index (χ4n) is 1.05. The lowest BCUT2D eigenvalue weighted by molar-refractivity contribution is -0.140. The average molecular weight is 267 g/mol. The molecular weight excluding hydrogens is 250 g/mol. The summed E-state index contributed by atoms with van der Waals surface area (Å²) in [6.07, 6.45) is 0. The first-order chi connectivity index (χ1) is 7.78. The molecule has 0 saturated carbocycles. The standard InChI is InChI=1S/C9H17NO6S/c1-7(9(12)13)5-17(14,15)6-8(11)10-3-4-16-2/h7H,3-6H2,1-2H3,(H,10,11)(H,12,13). The van der Waals surface area contributed by atoms with E-state index in [0.29, 0.717) is 0 Å². The van der Waals surface area contributed by atoms with Crippen LogP contribution in [0.15, 0.2) is 0 Å². The highest BCUT2D eigenvalue weighted by Gasteiger charge is 2.23. The Balaban J connectivity index is 4.17. The monoisotopic (exact) mass is 267 g/mol. The number of carbonyl (C=O) groups excluding carboxylic acids is 1. The summed E-state index contributed by atoms with van der Waals surface area (Å²) in [6.45, 7) is 1.79. The predicted molar refractivity (Wildman–Crippen MR) is 60.3 cm³/mol. The molecule has 0 bridgehead atoms. The molecule has 2 N–H and O–H groups in total. The predicted octanol–water partition coefficient (Wildman–Crippen LogP) is -1.12. The van der Waals surface area contributed by atoms with Crippen LogP contribution < -0.4 is 5.32 Å². The van der Waals surface area contributed by atoms with Crippen LogP contribution in [0.4, 0.5) is 0 Å². The maximum absolute atomic E-state index is 11.4. The van der Waals surface area contributed by atoms with Crippen molar-refractivity contribution >= 4 is 21.7 Å². The highest BCUT2D eigenvalue weighted by Crippen LogP contribution is 2.02. The average Bonchev–Trinajstić information content (AvgIpc) is 2.16. The van der Waals surface area contributed by atoms with E-state index in [4.69, 9.17) is 5.11 Å². The molecule has 0 aliphatic rings. The Labute approximate surface area is 100 Å². The van der Waals surface area contributed by atoms with Crippen LogP contribution in [0.5, 0.6) is 0 Å². The molecule has 100 valence electrons. The largest absolute Gasteiger partial charge is 0.481 e. The van der Waals surface area contributed by atoms with Crippen molar-refractivity contribution in [1.29, 1.82) is 0 Å². The molecule has 0 aromatic carbocycles. The first-order valence-electron chi connectivity index (χ1n) is 4.97. The van der Waals surface area contributed by atoms with E-state index in [-0.39, 0.29) is 13.2 Å².